The Labute approximate surface area is 219 Å². The highest BCUT2D eigenvalue weighted by atomic mass is 32.2. The third-order valence-corrected chi connectivity index (χ3v) is 9.13. The second-order valence-electron chi connectivity index (χ2n) is 9.73. The van der Waals surface area contributed by atoms with Gasteiger partial charge in [-0.3, -0.25) is 9.36 Å². The van der Waals surface area contributed by atoms with Crippen LogP contribution in [0.15, 0.2) is 76.7 Å². The van der Waals surface area contributed by atoms with E-state index >= 15 is 0 Å². The number of para-hydroxylation sites is 1. The van der Waals surface area contributed by atoms with Crippen molar-refractivity contribution in [3.05, 3.63) is 98.7 Å². The molecular weight excluding hydrogens is 484 g/mol. The lowest BCUT2D eigenvalue weighted by Gasteiger charge is -2.26. The molecule has 1 atom stereocenters. The van der Waals surface area contributed by atoms with Crippen LogP contribution in [0.4, 0.5) is 0 Å². The molecule has 3 aromatic carbocycles. The Hall–Kier alpha value is -2.93. The average Bonchev–Trinajstić information content (AvgIpc) is 3.26. The molecule has 0 amide bonds. The average molecular weight is 513 g/mol. The molecule has 0 bridgehead atoms. The lowest BCUT2D eigenvalue weighted by atomic mass is 9.96. The first kappa shape index (κ1) is 23.5. The zero-order valence-corrected chi connectivity index (χ0v) is 22.3. The van der Waals surface area contributed by atoms with E-state index in [1.54, 1.807) is 23.1 Å². The van der Waals surface area contributed by atoms with Gasteiger partial charge in [-0.2, -0.15) is 0 Å². The maximum absolute atomic E-state index is 14.2. The molecule has 2 aromatic heterocycles. The van der Waals surface area contributed by atoms with Crippen LogP contribution in [0.1, 0.15) is 35.4 Å². The van der Waals surface area contributed by atoms with Gasteiger partial charge in [-0.15, -0.1) is 11.3 Å². The monoisotopic (exact) mass is 512 g/mol. The maximum Gasteiger partial charge on any atom is 0.267 e. The molecule has 0 aliphatic carbocycles. The van der Waals surface area contributed by atoms with Crippen LogP contribution >= 0.6 is 23.1 Å². The van der Waals surface area contributed by atoms with Crippen molar-refractivity contribution in [2.24, 2.45) is 5.92 Å². The van der Waals surface area contributed by atoms with E-state index in [0.717, 1.165) is 49.2 Å². The van der Waals surface area contributed by atoms with Gasteiger partial charge in [0.15, 0.2) is 5.16 Å². The SMILES string of the molecule is Cc1ccccc1-n1c(SCc2cccc3ccccc23)nc2sc3c(c2c1=O)C[C@@H](C(C)C)OC3. The summed E-state index contributed by atoms with van der Waals surface area (Å²) < 4.78 is 7.95. The summed E-state index contributed by atoms with van der Waals surface area (Å²) in [4.78, 5) is 21.3. The molecule has 0 saturated heterocycles. The minimum atomic E-state index is 0.0247. The summed E-state index contributed by atoms with van der Waals surface area (Å²) in [5.74, 6) is 1.13. The molecule has 182 valence electrons. The molecule has 0 fully saturated rings. The van der Waals surface area contributed by atoms with Crippen LogP contribution in [0.2, 0.25) is 0 Å². The van der Waals surface area contributed by atoms with E-state index in [-0.39, 0.29) is 11.7 Å². The third-order valence-electron chi connectivity index (χ3n) is 7.05. The highest BCUT2D eigenvalue weighted by Gasteiger charge is 2.29. The molecule has 6 heteroatoms. The molecule has 0 unspecified atom stereocenters. The Kier molecular flexibility index (Phi) is 6.20. The number of fused-ring (bicyclic) bond motifs is 4. The van der Waals surface area contributed by atoms with E-state index in [0.29, 0.717) is 12.5 Å². The van der Waals surface area contributed by atoms with E-state index in [1.807, 2.05) is 22.8 Å². The Morgan fingerprint density at radius 3 is 2.69 bits per heavy atom. The van der Waals surface area contributed by atoms with Crippen molar-refractivity contribution in [2.75, 3.05) is 0 Å². The molecule has 5 aromatic rings. The van der Waals surface area contributed by atoms with Gasteiger partial charge in [0.25, 0.3) is 5.56 Å². The second kappa shape index (κ2) is 9.51. The molecule has 3 heterocycles. The number of rotatable bonds is 5. The minimum absolute atomic E-state index is 0.0247. The van der Waals surface area contributed by atoms with Gasteiger partial charge in [0, 0.05) is 17.1 Å². The van der Waals surface area contributed by atoms with Gasteiger partial charge in [-0.25, -0.2) is 4.98 Å². The first-order valence-electron chi connectivity index (χ1n) is 12.4. The predicted molar refractivity (Wildman–Crippen MR) is 151 cm³/mol. The van der Waals surface area contributed by atoms with Crippen LogP contribution in [0.5, 0.6) is 0 Å². The number of nitrogens with zero attached hydrogens (tertiary/aromatic N) is 2. The lowest BCUT2D eigenvalue weighted by molar-refractivity contribution is 0.00200. The van der Waals surface area contributed by atoms with E-state index in [9.17, 15) is 4.79 Å². The van der Waals surface area contributed by atoms with Crippen molar-refractivity contribution in [3.63, 3.8) is 0 Å². The quantitative estimate of drug-likeness (QED) is 0.183. The number of thioether (sulfide) groups is 1. The van der Waals surface area contributed by atoms with E-state index < -0.39 is 0 Å². The Morgan fingerprint density at radius 2 is 1.86 bits per heavy atom. The second-order valence-corrected chi connectivity index (χ2v) is 11.8. The smallest absolute Gasteiger partial charge is 0.267 e. The fourth-order valence-electron chi connectivity index (χ4n) is 5.02. The van der Waals surface area contributed by atoms with Crippen molar-refractivity contribution < 1.29 is 4.74 Å². The summed E-state index contributed by atoms with van der Waals surface area (Å²) in [5.41, 5.74) is 4.34. The first-order chi connectivity index (χ1) is 17.5. The topological polar surface area (TPSA) is 44.1 Å². The first-order valence-corrected chi connectivity index (χ1v) is 14.2. The number of aryl methyl sites for hydroxylation is 1. The fourth-order valence-corrected chi connectivity index (χ4v) is 7.19. The van der Waals surface area contributed by atoms with Gasteiger partial charge in [0.1, 0.15) is 4.83 Å². The molecule has 4 nitrogen and oxygen atoms in total. The summed E-state index contributed by atoms with van der Waals surface area (Å²) in [5, 5.41) is 3.96. The highest BCUT2D eigenvalue weighted by Crippen LogP contribution is 2.37. The standard InChI is InChI=1S/C30H28N2O2S2/c1-18(2)25-15-23-26(16-34-25)36-28-27(23)29(33)32(24-14-7-4-9-19(24)3)30(31-28)35-17-21-12-8-11-20-10-5-6-13-22(20)21/h4-14,18,25H,15-17H2,1-3H3/t25-/m0/s1. The zero-order chi connectivity index (χ0) is 24.8. The summed E-state index contributed by atoms with van der Waals surface area (Å²) in [7, 11) is 0. The van der Waals surface area contributed by atoms with Crippen LogP contribution in [0.3, 0.4) is 0 Å². The van der Waals surface area contributed by atoms with Crippen molar-refractivity contribution in [2.45, 2.75) is 50.8 Å². The summed E-state index contributed by atoms with van der Waals surface area (Å²) in [6, 6.07) is 22.9. The van der Waals surface area contributed by atoms with Crippen LogP contribution < -0.4 is 5.56 Å². The Morgan fingerprint density at radius 1 is 1.08 bits per heavy atom. The molecule has 0 spiro atoms. The van der Waals surface area contributed by atoms with Crippen molar-refractivity contribution >= 4 is 44.1 Å². The van der Waals surface area contributed by atoms with E-state index in [2.05, 4.69) is 69.3 Å². The molecule has 1 aliphatic rings. The molecule has 0 radical (unpaired) electrons. The number of benzene rings is 3. The largest absolute Gasteiger partial charge is 0.372 e. The van der Waals surface area contributed by atoms with Crippen LogP contribution in [0, 0.1) is 12.8 Å². The van der Waals surface area contributed by atoms with Crippen molar-refractivity contribution in [3.8, 4) is 5.69 Å². The Bertz CT molecular complexity index is 1650. The van der Waals surface area contributed by atoms with Gasteiger partial charge in [-0.1, -0.05) is 86.3 Å². The molecule has 6 rings (SSSR count). The van der Waals surface area contributed by atoms with Crippen LogP contribution in [-0.4, -0.2) is 15.7 Å². The van der Waals surface area contributed by atoms with E-state index in [1.165, 1.54) is 16.3 Å². The fraction of sp³-hybridized carbons (Fsp3) is 0.267. The summed E-state index contributed by atoms with van der Waals surface area (Å²) >= 11 is 3.24. The summed E-state index contributed by atoms with van der Waals surface area (Å²) in [6.07, 6.45) is 0.891. The molecule has 0 saturated carbocycles. The van der Waals surface area contributed by atoms with Gasteiger partial charge >= 0.3 is 0 Å². The van der Waals surface area contributed by atoms with Gasteiger partial charge in [0.05, 0.1) is 23.8 Å². The van der Waals surface area contributed by atoms with E-state index in [4.69, 9.17) is 9.72 Å². The summed E-state index contributed by atoms with van der Waals surface area (Å²) in [6.45, 7) is 6.96. The number of aromatic nitrogens is 2. The number of hydrogen-bond donors (Lipinski definition) is 0. The van der Waals surface area contributed by atoms with Gasteiger partial charge in [-0.05, 0) is 46.4 Å². The van der Waals surface area contributed by atoms with Crippen LogP contribution in [-0.2, 0) is 23.5 Å². The van der Waals surface area contributed by atoms with Crippen LogP contribution in [0.25, 0.3) is 26.7 Å². The molecular formula is C30H28N2O2S2. The number of thiophene rings is 1. The molecule has 1 aliphatic heterocycles. The number of ether oxygens (including phenoxy) is 1. The normalized spacial score (nSPS) is 15.6. The van der Waals surface area contributed by atoms with Crippen molar-refractivity contribution in [1.82, 2.24) is 9.55 Å². The Balaban J connectivity index is 1.50. The lowest BCUT2D eigenvalue weighted by Crippen LogP contribution is -2.28. The van der Waals surface area contributed by atoms with Gasteiger partial charge < -0.3 is 4.74 Å². The highest BCUT2D eigenvalue weighted by molar-refractivity contribution is 7.98. The predicted octanol–water partition coefficient (Wildman–Crippen LogP) is 7.30. The van der Waals surface area contributed by atoms with Crippen molar-refractivity contribution in [1.29, 1.82) is 0 Å². The third kappa shape index (κ3) is 4.07. The molecule has 0 N–H and O–H groups in total. The molecule has 36 heavy (non-hydrogen) atoms. The maximum atomic E-state index is 14.2. The van der Waals surface area contributed by atoms with Gasteiger partial charge in [0.2, 0.25) is 0 Å². The number of hydrogen-bond acceptors (Lipinski definition) is 5. The minimum Gasteiger partial charge on any atom is -0.372 e. The zero-order valence-electron chi connectivity index (χ0n) is 20.7.